The van der Waals surface area contributed by atoms with Crippen LogP contribution in [0.15, 0.2) is 23.7 Å². The zero-order valence-corrected chi connectivity index (χ0v) is 12.2. The van der Waals surface area contributed by atoms with Crippen molar-refractivity contribution in [3.63, 3.8) is 0 Å². The number of aliphatic hydroxyl groups is 1. The van der Waals surface area contributed by atoms with Gasteiger partial charge < -0.3 is 14.7 Å². The molecule has 1 aliphatic rings. The quantitative estimate of drug-likeness (QED) is 0.839. The van der Waals surface area contributed by atoms with Gasteiger partial charge in [0, 0.05) is 18.5 Å². The number of aromatic nitrogens is 1. The van der Waals surface area contributed by atoms with Gasteiger partial charge >= 0.3 is 5.97 Å². The molecule has 1 amide bonds. The van der Waals surface area contributed by atoms with E-state index in [1.807, 2.05) is 0 Å². The molecule has 1 fully saturated rings. The molecule has 110 valence electrons. The lowest BCUT2D eigenvalue weighted by atomic mass is 10.1. The molecule has 0 bridgehead atoms. The number of likely N-dealkylation sites (tertiary alicyclic amines) is 1. The van der Waals surface area contributed by atoms with E-state index in [1.54, 1.807) is 23.7 Å². The standard InChI is InChI=1S/C14H14N2O4S/c1-20-14(19)11-5-9(17)6-16(11)13(18)8-2-3-10-12(4-8)21-7-15-10/h2-4,7,9,11,17H,5-6H2,1H3. The van der Waals surface area contributed by atoms with Crippen LogP contribution in [-0.4, -0.2) is 52.7 Å². The Hall–Kier alpha value is -1.99. The highest BCUT2D eigenvalue weighted by molar-refractivity contribution is 7.16. The number of carbonyl (C=O) groups is 2. The van der Waals surface area contributed by atoms with Crippen molar-refractivity contribution in [3.8, 4) is 0 Å². The van der Waals surface area contributed by atoms with E-state index in [2.05, 4.69) is 4.98 Å². The minimum absolute atomic E-state index is 0.138. The predicted molar refractivity (Wildman–Crippen MR) is 77.1 cm³/mol. The molecule has 1 saturated heterocycles. The van der Waals surface area contributed by atoms with E-state index in [-0.39, 0.29) is 18.9 Å². The molecule has 1 N–H and O–H groups in total. The van der Waals surface area contributed by atoms with Gasteiger partial charge in [-0.15, -0.1) is 11.3 Å². The van der Waals surface area contributed by atoms with Gasteiger partial charge in [0.1, 0.15) is 6.04 Å². The van der Waals surface area contributed by atoms with E-state index >= 15 is 0 Å². The fraction of sp³-hybridized carbons (Fsp3) is 0.357. The van der Waals surface area contributed by atoms with Gasteiger partial charge in [-0.1, -0.05) is 0 Å². The monoisotopic (exact) mass is 306 g/mol. The summed E-state index contributed by atoms with van der Waals surface area (Å²) >= 11 is 1.45. The Labute approximate surface area is 125 Å². The van der Waals surface area contributed by atoms with Crippen molar-refractivity contribution in [2.75, 3.05) is 13.7 Å². The SMILES string of the molecule is COC(=O)C1CC(O)CN1C(=O)c1ccc2ncsc2c1. The number of methoxy groups -OCH3 is 1. The summed E-state index contributed by atoms with van der Waals surface area (Å²) < 4.78 is 5.62. The predicted octanol–water partition coefficient (Wildman–Crippen LogP) is 1.04. The van der Waals surface area contributed by atoms with Gasteiger partial charge in [0.15, 0.2) is 0 Å². The molecule has 0 aliphatic carbocycles. The maximum Gasteiger partial charge on any atom is 0.328 e. The second kappa shape index (κ2) is 5.42. The Morgan fingerprint density at radius 2 is 2.29 bits per heavy atom. The zero-order valence-electron chi connectivity index (χ0n) is 11.4. The van der Waals surface area contributed by atoms with Crippen molar-refractivity contribution in [1.82, 2.24) is 9.88 Å². The normalized spacial score (nSPS) is 21.7. The van der Waals surface area contributed by atoms with Gasteiger partial charge in [0.05, 0.1) is 28.9 Å². The molecule has 2 atom stereocenters. The van der Waals surface area contributed by atoms with Crippen LogP contribution >= 0.6 is 11.3 Å². The molecule has 6 nitrogen and oxygen atoms in total. The van der Waals surface area contributed by atoms with E-state index in [1.165, 1.54) is 23.3 Å². The number of ether oxygens (including phenoxy) is 1. The average Bonchev–Trinajstić information content (AvgIpc) is 3.10. The second-order valence-corrected chi connectivity index (χ2v) is 5.81. The van der Waals surface area contributed by atoms with Crippen LogP contribution in [0.3, 0.4) is 0 Å². The number of hydrogen-bond donors (Lipinski definition) is 1. The third kappa shape index (κ3) is 2.50. The Bertz CT molecular complexity index is 699. The van der Waals surface area contributed by atoms with E-state index < -0.39 is 18.1 Å². The Kier molecular flexibility index (Phi) is 3.60. The fourth-order valence-corrected chi connectivity index (χ4v) is 3.27. The number of carbonyl (C=O) groups excluding carboxylic acids is 2. The lowest BCUT2D eigenvalue weighted by Crippen LogP contribution is -2.41. The number of fused-ring (bicyclic) bond motifs is 1. The lowest BCUT2D eigenvalue weighted by molar-refractivity contribution is -0.145. The number of amides is 1. The largest absolute Gasteiger partial charge is 0.467 e. The molecule has 0 saturated carbocycles. The summed E-state index contributed by atoms with van der Waals surface area (Å²) in [7, 11) is 1.28. The average molecular weight is 306 g/mol. The smallest absolute Gasteiger partial charge is 0.328 e. The van der Waals surface area contributed by atoms with Crippen molar-refractivity contribution < 1.29 is 19.4 Å². The third-order valence-electron chi connectivity index (χ3n) is 3.59. The molecular weight excluding hydrogens is 292 g/mol. The molecule has 21 heavy (non-hydrogen) atoms. The molecule has 1 aromatic heterocycles. The molecule has 1 aliphatic heterocycles. The van der Waals surface area contributed by atoms with Gasteiger partial charge in [0.2, 0.25) is 0 Å². The number of aliphatic hydroxyl groups excluding tert-OH is 1. The van der Waals surface area contributed by atoms with Gasteiger partial charge in [-0.05, 0) is 18.2 Å². The third-order valence-corrected chi connectivity index (χ3v) is 4.38. The first kappa shape index (κ1) is 14.0. The van der Waals surface area contributed by atoms with Crippen LogP contribution in [0, 0.1) is 0 Å². The number of esters is 1. The number of rotatable bonds is 2. The minimum Gasteiger partial charge on any atom is -0.467 e. The molecule has 2 heterocycles. The summed E-state index contributed by atoms with van der Waals surface area (Å²) in [5.74, 6) is -0.781. The first-order chi connectivity index (χ1) is 10.1. The van der Waals surface area contributed by atoms with Crippen LogP contribution in [0.5, 0.6) is 0 Å². The Balaban J connectivity index is 1.90. The van der Waals surface area contributed by atoms with Crippen molar-refractivity contribution >= 4 is 33.4 Å². The summed E-state index contributed by atoms with van der Waals surface area (Å²) in [6.45, 7) is 0.138. The summed E-state index contributed by atoms with van der Waals surface area (Å²) in [6, 6.07) is 4.49. The zero-order chi connectivity index (χ0) is 15.0. The van der Waals surface area contributed by atoms with Crippen molar-refractivity contribution in [2.45, 2.75) is 18.6 Å². The van der Waals surface area contributed by atoms with Crippen LogP contribution in [0.25, 0.3) is 10.2 Å². The molecule has 2 unspecified atom stereocenters. The van der Waals surface area contributed by atoms with E-state index in [0.717, 1.165) is 10.2 Å². The Morgan fingerprint density at radius 1 is 1.48 bits per heavy atom. The number of β-amino-alcohol motifs (C(OH)–C–C–N with tert-alkyl or cyclic N) is 1. The topological polar surface area (TPSA) is 79.7 Å². The summed E-state index contributed by atoms with van der Waals surface area (Å²) in [6.07, 6.45) is -0.494. The number of benzene rings is 1. The number of nitrogens with zero attached hydrogens (tertiary/aromatic N) is 2. The Morgan fingerprint density at radius 3 is 3.05 bits per heavy atom. The van der Waals surface area contributed by atoms with Crippen LogP contribution in [0.2, 0.25) is 0 Å². The van der Waals surface area contributed by atoms with Crippen molar-refractivity contribution in [3.05, 3.63) is 29.3 Å². The highest BCUT2D eigenvalue weighted by Crippen LogP contribution is 2.24. The first-order valence-corrected chi connectivity index (χ1v) is 7.38. The summed E-state index contributed by atoms with van der Waals surface area (Å²) in [4.78, 5) is 29.9. The molecular formula is C14H14N2O4S. The van der Waals surface area contributed by atoms with Crippen LogP contribution in [-0.2, 0) is 9.53 Å². The highest BCUT2D eigenvalue weighted by Gasteiger charge is 2.39. The minimum atomic E-state index is -0.727. The van der Waals surface area contributed by atoms with Crippen LogP contribution in [0.1, 0.15) is 16.8 Å². The molecule has 3 rings (SSSR count). The summed E-state index contributed by atoms with van der Waals surface area (Å²) in [5, 5.41) is 9.74. The molecule has 7 heteroatoms. The number of hydrogen-bond acceptors (Lipinski definition) is 6. The van der Waals surface area contributed by atoms with Gasteiger partial charge in [-0.3, -0.25) is 4.79 Å². The van der Waals surface area contributed by atoms with Crippen LogP contribution < -0.4 is 0 Å². The molecule has 1 aromatic carbocycles. The van der Waals surface area contributed by atoms with Crippen LogP contribution in [0.4, 0.5) is 0 Å². The van der Waals surface area contributed by atoms with Gasteiger partial charge in [-0.2, -0.15) is 0 Å². The molecule has 0 spiro atoms. The fourth-order valence-electron chi connectivity index (χ4n) is 2.55. The maximum atomic E-state index is 12.6. The van der Waals surface area contributed by atoms with Crippen molar-refractivity contribution in [2.24, 2.45) is 0 Å². The first-order valence-electron chi connectivity index (χ1n) is 6.50. The highest BCUT2D eigenvalue weighted by atomic mass is 32.1. The molecule has 0 radical (unpaired) electrons. The lowest BCUT2D eigenvalue weighted by Gasteiger charge is -2.22. The second-order valence-electron chi connectivity index (χ2n) is 4.92. The summed E-state index contributed by atoms with van der Waals surface area (Å²) in [5.41, 5.74) is 3.03. The van der Waals surface area contributed by atoms with Gasteiger partial charge in [0.25, 0.3) is 5.91 Å². The maximum absolute atomic E-state index is 12.6. The number of thiazole rings is 1. The van der Waals surface area contributed by atoms with Crippen molar-refractivity contribution in [1.29, 1.82) is 0 Å². The van der Waals surface area contributed by atoms with E-state index in [0.29, 0.717) is 5.56 Å². The van der Waals surface area contributed by atoms with Gasteiger partial charge in [-0.25, -0.2) is 9.78 Å². The molecule has 2 aromatic rings. The van der Waals surface area contributed by atoms with E-state index in [9.17, 15) is 14.7 Å². The van der Waals surface area contributed by atoms with E-state index in [4.69, 9.17) is 4.74 Å².